The Labute approximate surface area is 118 Å². The molecule has 2 heterocycles. The third-order valence-electron chi connectivity index (χ3n) is 3.50. The minimum absolute atomic E-state index is 0.834. The van der Waals surface area contributed by atoms with E-state index in [1.165, 1.54) is 24.9 Å². The van der Waals surface area contributed by atoms with Crippen LogP contribution in [0.25, 0.3) is 0 Å². The van der Waals surface area contributed by atoms with Gasteiger partial charge in [0.05, 0.1) is 4.47 Å². The van der Waals surface area contributed by atoms with E-state index in [-0.39, 0.29) is 0 Å². The Bertz CT molecular complexity index is 398. The van der Waals surface area contributed by atoms with Gasteiger partial charge in [0.1, 0.15) is 5.82 Å². The molecule has 0 saturated carbocycles. The van der Waals surface area contributed by atoms with E-state index in [1.54, 1.807) is 0 Å². The van der Waals surface area contributed by atoms with E-state index in [1.807, 2.05) is 6.20 Å². The highest BCUT2D eigenvalue weighted by Gasteiger charge is 2.21. The first-order valence-corrected chi connectivity index (χ1v) is 7.37. The Hall–Kier alpha value is -0.610. The molecular weight excluding hydrogens is 290 g/mol. The number of pyridine rings is 1. The second kappa shape index (κ2) is 6.02. The van der Waals surface area contributed by atoms with Crippen LogP contribution in [0.2, 0.25) is 0 Å². The topological polar surface area (TPSA) is 19.4 Å². The number of halogens is 1. The zero-order valence-electron chi connectivity index (χ0n) is 11.5. The standard InChI is InChI=1S/C14H22BrN3/c1-11-8-13(15)14(16-9-11)18-6-4-12(5-7-18)10-17(2)3/h8-9,12H,4-7,10H2,1-3H3. The summed E-state index contributed by atoms with van der Waals surface area (Å²) in [6, 6.07) is 2.15. The summed E-state index contributed by atoms with van der Waals surface area (Å²) in [6.45, 7) is 5.52. The van der Waals surface area contributed by atoms with Gasteiger partial charge in [-0.05, 0) is 67.3 Å². The van der Waals surface area contributed by atoms with Crippen molar-refractivity contribution in [2.45, 2.75) is 19.8 Å². The smallest absolute Gasteiger partial charge is 0.142 e. The molecule has 0 aliphatic carbocycles. The first kappa shape index (κ1) is 13.8. The van der Waals surface area contributed by atoms with E-state index in [4.69, 9.17) is 0 Å². The Morgan fingerprint density at radius 2 is 2.06 bits per heavy atom. The fraction of sp³-hybridized carbons (Fsp3) is 0.643. The van der Waals surface area contributed by atoms with Crippen LogP contribution in [0.3, 0.4) is 0 Å². The Morgan fingerprint density at radius 1 is 1.39 bits per heavy atom. The quantitative estimate of drug-likeness (QED) is 0.855. The van der Waals surface area contributed by atoms with Crippen LogP contribution in [0.15, 0.2) is 16.7 Å². The monoisotopic (exact) mass is 311 g/mol. The van der Waals surface area contributed by atoms with E-state index in [0.29, 0.717) is 0 Å². The molecule has 1 saturated heterocycles. The van der Waals surface area contributed by atoms with Gasteiger partial charge < -0.3 is 9.80 Å². The minimum Gasteiger partial charge on any atom is -0.356 e. The first-order valence-electron chi connectivity index (χ1n) is 6.58. The average molecular weight is 312 g/mol. The number of rotatable bonds is 3. The van der Waals surface area contributed by atoms with Crippen LogP contribution < -0.4 is 4.90 Å². The molecule has 0 spiro atoms. The van der Waals surface area contributed by atoms with Gasteiger partial charge in [-0.2, -0.15) is 0 Å². The summed E-state index contributed by atoms with van der Waals surface area (Å²) < 4.78 is 1.12. The molecule has 0 bridgehead atoms. The third kappa shape index (κ3) is 3.45. The molecule has 1 aliphatic rings. The number of nitrogens with zero attached hydrogens (tertiary/aromatic N) is 3. The highest BCUT2D eigenvalue weighted by atomic mass is 79.9. The lowest BCUT2D eigenvalue weighted by Crippen LogP contribution is -2.37. The molecular formula is C14H22BrN3. The molecule has 18 heavy (non-hydrogen) atoms. The largest absolute Gasteiger partial charge is 0.356 e. The number of aryl methyl sites for hydroxylation is 1. The van der Waals surface area contributed by atoms with Crippen molar-refractivity contribution in [3.05, 3.63) is 22.3 Å². The summed E-state index contributed by atoms with van der Waals surface area (Å²) in [4.78, 5) is 9.25. The molecule has 0 N–H and O–H groups in total. The molecule has 0 radical (unpaired) electrons. The lowest BCUT2D eigenvalue weighted by molar-refractivity contribution is 0.284. The van der Waals surface area contributed by atoms with Crippen LogP contribution in [0.5, 0.6) is 0 Å². The SMILES string of the molecule is Cc1cnc(N2CCC(CN(C)C)CC2)c(Br)c1. The number of hydrogen-bond acceptors (Lipinski definition) is 3. The van der Waals surface area contributed by atoms with Gasteiger partial charge in [0.2, 0.25) is 0 Å². The predicted molar refractivity (Wildman–Crippen MR) is 80.2 cm³/mol. The molecule has 1 aromatic heterocycles. The van der Waals surface area contributed by atoms with Gasteiger partial charge in [-0.1, -0.05) is 0 Å². The van der Waals surface area contributed by atoms with Crippen LogP contribution in [0.1, 0.15) is 18.4 Å². The Morgan fingerprint density at radius 3 is 2.61 bits per heavy atom. The van der Waals surface area contributed by atoms with E-state index < -0.39 is 0 Å². The van der Waals surface area contributed by atoms with Crippen LogP contribution in [0, 0.1) is 12.8 Å². The second-order valence-corrected chi connectivity index (χ2v) is 6.37. The molecule has 1 aromatic rings. The van der Waals surface area contributed by atoms with Crippen molar-refractivity contribution in [1.82, 2.24) is 9.88 Å². The molecule has 0 amide bonds. The minimum atomic E-state index is 0.834. The highest BCUT2D eigenvalue weighted by molar-refractivity contribution is 9.10. The summed E-state index contributed by atoms with van der Waals surface area (Å²) in [5.41, 5.74) is 1.20. The van der Waals surface area contributed by atoms with Crippen molar-refractivity contribution in [2.24, 2.45) is 5.92 Å². The normalized spacial score (nSPS) is 17.5. The van der Waals surface area contributed by atoms with E-state index in [9.17, 15) is 0 Å². The van der Waals surface area contributed by atoms with Gasteiger partial charge in [-0.3, -0.25) is 0 Å². The molecule has 2 rings (SSSR count). The van der Waals surface area contributed by atoms with Crippen molar-refractivity contribution >= 4 is 21.7 Å². The fourth-order valence-electron chi connectivity index (χ4n) is 2.60. The second-order valence-electron chi connectivity index (χ2n) is 5.51. The average Bonchev–Trinajstić information content (AvgIpc) is 2.30. The maximum Gasteiger partial charge on any atom is 0.142 e. The van der Waals surface area contributed by atoms with Crippen LogP contribution >= 0.6 is 15.9 Å². The fourth-order valence-corrected chi connectivity index (χ4v) is 3.32. The maximum absolute atomic E-state index is 4.56. The zero-order valence-corrected chi connectivity index (χ0v) is 13.1. The van der Waals surface area contributed by atoms with Crippen molar-refractivity contribution in [1.29, 1.82) is 0 Å². The van der Waals surface area contributed by atoms with Crippen molar-refractivity contribution < 1.29 is 0 Å². The molecule has 0 aromatic carbocycles. The van der Waals surface area contributed by atoms with E-state index in [2.05, 4.69) is 57.8 Å². The molecule has 100 valence electrons. The van der Waals surface area contributed by atoms with Gasteiger partial charge in [0.15, 0.2) is 0 Å². The van der Waals surface area contributed by atoms with Crippen LogP contribution in [-0.4, -0.2) is 43.6 Å². The lowest BCUT2D eigenvalue weighted by atomic mass is 9.96. The van der Waals surface area contributed by atoms with Gasteiger partial charge in [-0.25, -0.2) is 4.98 Å². The summed E-state index contributed by atoms with van der Waals surface area (Å²) in [5, 5.41) is 0. The van der Waals surface area contributed by atoms with Crippen molar-refractivity contribution in [2.75, 3.05) is 38.6 Å². The van der Waals surface area contributed by atoms with Crippen molar-refractivity contribution in [3.8, 4) is 0 Å². The molecule has 3 nitrogen and oxygen atoms in total. The van der Waals surface area contributed by atoms with Gasteiger partial charge in [-0.15, -0.1) is 0 Å². The summed E-state index contributed by atoms with van der Waals surface area (Å²) in [5.74, 6) is 1.93. The van der Waals surface area contributed by atoms with Gasteiger partial charge >= 0.3 is 0 Å². The molecule has 1 fully saturated rings. The predicted octanol–water partition coefficient (Wildman–Crippen LogP) is 2.93. The zero-order chi connectivity index (χ0) is 13.1. The van der Waals surface area contributed by atoms with Gasteiger partial charge in [0.25, 0.3) is 0 Å². The van der Waals surface area contributed by atoms with Crippen LogP contribution in [-0.2, 0) is 0 Å². The maximum atomic E-state index is 4.56. The molecule has 4 heteroatoms. The molecule has 0 unspecified atom stereocenters. The molecule has 0 atom stereocenters. The Balaban J connectivity index is 1.97. The van der Waals surface area contributed by atoms with Gasteiger partial charge in [0, 0.05) is 25.8 Å². The number of hydrogen-bond donors (Lipinski definition) is 0. The Kier molecular flexibility index (Phi) is 4.62. The number of anilines is 1. The summed E-state index contributed by atoms with van der Waals surface area (Å²) >= 11 is 3.63. The summed E-state index contributed by atoms with van der Waals surface area (Å²) in [6.07, 6.45) is 4.48. The third-order valence-corrected chi connectivity index (χ3v) is 4.08. The summed E-state index contributed by atoms with van der Waals surface area (Å²) in [7, 11) is 4.31. The van der Waals surface area contributed by atoms with E-state index >= 15 is 0 Å². The number of piperidine rings is 1. The molecule has 1 aliphatic heterocycles. The van der Waals surface area contributed by atoms with Crippen LogP contribution in [0.4, 0.5) is 5.82 Å². The number of aromatic nitrogens is 1. The highest BCUT2D eigenvalue weighted by Crippen LogP contribution is 2.28. The lowest BCUT2D eigenvalue weighted by Gasteiger charge is -2.34. The van der Waals surface area contributed by atoms with E-state index in [0.717, 1.165) is 29.3 Å². The van der Waals surface area contributed by atoms with Crippen molar-refractivity contribution in [3.63, 3.8) is 0 Å². The first-order chi connectivity index (χ1) is 8.56.